The predicted molar refractivity (Wildman–Crippen MR) is 80.3 cm³/mol. The Hall–Kier alpha value is -1.58. The molecule has 4 heteroatoms. The van der Waals surface area contributed by atoms with Crippen molar-refractivity contribution in [1.29, 1.82) is 0 Å². The maximum atomic E-state index is 6.09. The third-order valence-corrected chi connectivity index (χ3v) is 3.30. The van der Waals surface area contributed by atoms with Crippen LogP contribution in [0.1, 0.15) is 18.2 Å². The Kier molecular flexibility index (Phi) is 4.77. The lowest BCUT2D eigenvalue weighted by atomic mass is 10.1. The van der Waals surface area contributed by atoms with E-state index >= 15 is 0 Å². The molecule has 0 spiro atoms. The van der Waals surface area contributed by atoms with E-state index in [9.17, 15) is 0 Å². The molecular formula is C15H18ClN3. The van der Waals surface area contributed by atoms with Crippen LogP contribution in [0.25, 0.3) is 0 Å². The summed E-state index contributed by atoms with van der Waals surface area (Å²) in [6.45, 7) is 4.25. The first-order chi connectivity index (χ1) is 9.24. The fraction of sp³-hybridized carbons (Fsp3) is 0.267. The molecule has 1 aromatic carbocycles. The molecule has 0 aliphatic heterocycles. The van der Waals surface area contributed by atoms with Gasteiger partial charge in [0.2, 0.25) is 0 Å². The molecule has 2 aromatic rings. The number of aromatic nitrogens is 1. The monoisotopic (exact) mass is 275 g/mol. The number of hydrogen-bond donors (Lipinski definition) is 1. The van der Waals surface area contributed by atoms with Gasteiger partial charge >= 0.3 is 0 Å². The Labute approximate surface area is 119 Å². The molecule has 1 heterocycles. The van der Waals surface area contributed by atoms with Gasteiger partial charge in [0.15, 0.2) is 0 Å². The summed E-state index contributed by atoms with van der Waals surface area (Å²) >= 11 is 6.09. The van der Waals surface area contributed by atoms with Crippen LogP contribution in [0, 0.1) is 0 Å². The van der Waals surface area contributed by atoms with Crippen molar-refractivity contribution in [2.45, 2.75) is 20.0 Å². The smallest absolute Gasteiger partial charge is 0.0602 e. The first kappa shape index (κ1) is 13.8. The van der Waals surface area contributed by atoms with Crippen molar-refractivity contribution in [3.63, 3.8) is 0 Å². The Morgan fingerprint density at radius 3 is 2.74 bits per heavy atom. The molecule has 19 heavy (non-hydrogen) atoms. The summed E-state index contributed by atoms with van der Waals surface area (Å²) in [5.74, 6) is 0. The molecule has 100 valence electrons. The lowest BCUT2D eigenvalue weighted by Gasteiger charge is -2.25. The van der Waals surface area contributed by atoms with Gasteiger partial charge in [-0.2, -0.15) is 0 Å². The molecule has 2 N–H and O–H groups in total. The van der Waals surface area contributed by atoms with Gasteiger partial charge in [0.1, 0.15) is 0 Å². The van der Waals surface area contributed by atoms with Gasteiger partial charge in [-0.1, -0.05) is 23.7 Å². The van der Waals surface area contributed by atoms with E-state index in [-0.39, 0.29) is 0 Å². The first-order valence-electron chi connectivity index (χ1n) is 6.38. The lowest BCUT2D eigenvalue weighted by Crippen LogP contribution is -2.24. The average molecular weight is 276 g/mol. The molecule has 0 saturated carbocycles. The molecule has 1 aromatic heterocycles. The van der Waals surface area contributed by atoms with Crippen molar-refractivity contribution in [3.05, 3.63) is 58.9 Å². The number of nitrogens with zero attached hydrogens (tertiary/aromatic N) is 2. The molecule has 3 nitrogen and oxygen atoms in total. The van der Waals surface area contributed by atoms with Crippen molar-refractivity contribution < 1.29 is 0 Å². The zero-order valence-electron chi connectivity index (χ0n) is 11.0. The van der Waals surface area contributed by atoms with Crippen LogP contribution in [-0.4, -0.2) is 11.5 Å². The van der Waals surface area contributed by atoms with Crippen LogP contribution >= 0.6 is 11.6 Å². The van der Waals surface area contributed by atoms with Crippen LogP contribution in [0.2, 0.25) is 5.02 Å². The largest absolute Gasteiger partial charge is 0.366 e. The number of pyridine rings is 1. The lowest BCUT2D eigenvalue weighted by molar-refractivity contribution is 0.801. The topological polar surface area (TPSA) is 42.2 Å². The van der Waals surface area contributed by atoms with Gasteiger partial charge in [0.05, 0.1) is 12.2 Å². The van der Waals surface area contributed by atoms with Gasteiger partial charge in [-0.25, -0.2) is 0 Å². The van der Waals surface area contributed by atoms with Crippen LogP contribution in [0.3, 0.4) is 0 Å². The molecule has 0 aliphatic carbocycles. The van der Waals surface area contributed by atoms with Crippen LogP contribution < -0.4 is 10.6 Å². The molecule has 0 unspecified atom stereocenters. The molecule has 0 fully saturated rings. The van der Waals surface area contributed by atoms with Crippen molar-refractivity contribution in [2.75, 3.05) is 11.4 Å². The van der Waals surface area contributed by atoms with E-state index in [0.29, 0.717) is 6.54 Å². The van der Waals surface area contributed by atoms with Gasteiger partial charge in [-0.3, -0.25) is 4.98 Å². The summed E-state index contributed by atoms with van der Waals surface area (Å²) < 4.78 is 0. The van der Waals surface area contributed by atoms with Crippen molar-refractivity contribution in [3.8, 4) is 0 Å². The summed E-state index contributed by atoms with van der Waals surface area (Å²) in [6.07, 6.45) is 1.81. The number of anilines is 1. The molecule has 2 rings (SSSR count). The summed E-state index contributed by atoms with van der Waals surface area (Å²) in [6, 6.07) is 11.8. The van der Waals surface area contributed by atoms with E-state index in [0.717, 1.165) is 35.1 Å². The van der Waals surface area contributed by atoms with Gasteiger partial charge in [0, 0.05) is 30.0 Å². The SMILES string of the molecule is CCN(Cc1ccccn1)c1cc(Cl)ccc1CN. The quantitative estimate of drug-likeness (QED) is 0.911. The van der Waals surface area contributed by atoms with Gasteiger partial charge in [0.25, 0.3) is 0 Å². The minimum absolute atomic E-state index is 0.505. The van der Waals surface area contributed by atoms with Crippen LogP contribution in [0.4, 0.5) is 5.69 Å². The molecule has 0 amide bonds. The normalized spacial score (nSPS) is 10.5. The third-order valence-electron chi connectivity index (χ3n) is 3.07. The van der Waals surface area contributed by atoms with Gasteiger partial charge in [-0.15, -0.1) is 0 Å². The highest BCUT2D eigenvalue weighted by molar-refractivity contribution is 6.30. The fourth-order valence-electron chi connectivity index (χ4n) is 2.06. The molecule has 0 saturated heterocycles. The number of nitrogens with two attached hydrogens (primary N) is 1. The Morgan fingerprint density at radius 1 is 1.26 bits per heavy atom. The van der Waals surface area contributed by atoms with E-state index in [1.54, 1.807) is 0 Å². The standard InChI is InChI=1S/C15H18ClN3/c1-2-19(11-14-5-3-4-8-18-14)15-9-13(16)7-6-12(15)10-17/h3-9H,2,10-11,17H2,1H3. The van der Waals surface area contributed by atoms with Crippen molar-refractivity contribution >= 4 is 17.3 Å². The predicted octanol–water partition coefficient (Wildman–Crippen LogP) is 3.22. The maximum Gasteiger partial charge on any atom is 0.0602 e. The van der Waals surface area contributed by atoms with E-state index < -0.39 is 0 Å². The number of halogens is 1. The molecule has 0 aliphatic rings. The highest BCUT2D eigenvalue weighted by Gasteiger charge is 2.10. The highest BCUT2D eigenvalue weighted by atomic mass is 35.5. The first-order valence-corrected chi connectivity index (χ1v) is 6.75. The Morgan fingerprint density at radius 2 is 2.11 bits per heavy atom. The van der Waals surface area contributed by atoms with Crippen LogP contribution in [-0.2, 0) is 13.1 Å². The molecule has 0 radical (unpaired) electrons. The van der Waals surface area contributed by atoms with Crippen molar-refractivity contribution in [1.82, 2.24) is 4.98 Å². The van der Waals surface area contributed by atoms with Crippen LogP contribution in [0.5, 0.6) is 0 Å². The minimum Gasteiger partial charge on any atom is -0.366 e. The second-order valence-corrected chi connectivity index (χ2v) is 4.75. The number of benzene rings is 1. The second-order valence-electron chi connectivity index (χ2n) is 4.31. The number of hydrogen-bond acceptors (Lipinski definition) is 3. The Balaban J connectivity index is 2.29. The zero-order chi connectivity index (χ0) is 13.7. The fourth-order valence-corrected chi connectivity index (χ4v) is 2.22. The maximum absolute atomic E-state index is 6.09. The van der Waals surface area contributed by atoms with Gasteiger partial charge < -0.3 is 10.6 Å². The highest BCUT2D eigenvalue weighted by Crippen LogP contribution is 2.25. The second kappa shape index (κ2) is 6.55. The average Bonchev–Trinajstić information content (AvgIpc) is 2.46. The van der Waals surface area contributed by atoms with E-state index in [1.807, 2.05) is 42.6 Å². The van der Waals surface area contributed by atoms with E-state index in [2.05, 4.69) is 16.8 Å². The zero-order valence-corrected chi connectivity index (χ0v) is 11.8. The minimum atomic E-state index is 0.505. The molecule has 0 atom stereocenters. The third kappa shape index (κ3) is 3.46. The van der Waals surface area contributed by atoms with E-state index in [1.165, 1.54) is 0 Å². The van der Waals surface area contributed by atoms with Crippen LogP contribution in [0.15, 0.2) is 42.6 Å². The number of rotatable bonds is 5. The van der Waals surface area contributed by atoms with E-state index in [4.69, 9.17) is 17.3 Å². The molecular weight excluding hydrogens is 258 g/mol. The summed E-state index contributed by atoms with van der Waals surface area (Å²) in [7, 11) is 0. The summed E-state index contributed by atoms with van der Waals surface area (Å²) in [5, 5.41) is 0.728. The van der Waals surface area contributed by atoms with Crippen molar-refractivity contribution in [2.24, 2.45) is 5.73 Å². The molecule has 0 bridgehead atoms. The van der Waals surface area contributed by atoms with Gasteiger partial charge in [-0.05, 0) is 36.8 Å². The summed E-state index contributed by atoms with van der Waals surface area (Å²) in [4.78, 5) is 6.60. The summed E-state index contributed by atoms with van der Waals surface area (Å²) in [5.41, 5.74) is 9.02. The Bertz CT molecular complexity index is 528.